The lowest BCUT2D eigenvalue weighted by Gasteiger charge is -2.26. The van der Waals surface area contributed by atoms with Crippen molar-refractivity contribution in [3.63, 3.8) is 0 Å². The van der Waals surface area contributed by atoms with Gasteiger partial charge in [0.1, 0.15) is 16.9 Å². The Balaban J connectivity index is 2.05. The first-order valence-corrected chi connectivity index (χ1v) is 6.01. The molecule has 1 saturated heterocycles. The number of aromatic amines is 1. The first-order chi connectivity index (χ1) is 8.41. The molecule has 0 saturated carbocycles. The Hall–Kier alpha value is -1.59. The molecular weight excluding hydrogens is 230 g/mol. The van der Waals surface area contributed by atoms with Crippen LogP contribution in [0.2, 0.25) is 0 Å². The third kappa shape index (κ3) is 1.51. The number of fused-ring (bicyclic) bond motifs is 1. The molecule has 0 bridgehead atoms. The molecule has 1 N–H and O–H groups in total. The Bertz CT molecular complexity index is 573. The van der Waals surface area contributed by atoms with Crippen molar-refractivity contribution in [3.8, 4) is 0 Å². The fourth-order valence-corrected chi connectivity index (χ4v) is 1.86. The summed E-state index contributed by atoms with van der Waals surface area (Å²) in [6.07, 6.45) is 1.77. The third-order valence-electron chi connectivity index (χ3n) is 3.73. The quantitative estimate of drug-likeness (QED) is 0.841. The average molecular weight is 247 g/mol. The van der Waals surface area contributed by atoms with E-state index in [1.165, 1.54) is 5.23 Å². The van der Waals surface area contributed by atoms with Crippen LogP contribution in [0.3, 0.4) is 0 Å². The van der Waals surface area contributed by atoms with Gasteiger partial charge in [0.2, 0.25) is 0 Å². The second-order valence-corrected chi connectivity index (χ2v) is 5.57. The lowest BCUT2D eigenvalue weighted by atomic mass is 9.90. The molecule has 5 heteroatoms. The van der Waals surface area contributed by atoms with Crippen LogP contribution in [0.15, 0.2) is 24.4 Å². The van der Waals surface area contributed by atoms with E-state index in [4.69, 9.17) is 9.68 Å². The lowest BCUT2D eigenvalue weighted by molar-refractivity contribution is -0.0266. The summed E-state index contributed by atoms with van der Waals surface area (Å²) in [5.74, 6) is 0. The van der Waals surface area contributed by atoms with Gasteiger partial charge in [0.05, 0.1) is 11.7 Å². The van der Waals surface area contributed by atoms with Gasteiger partial charge in [0.15, 0.2) is 0 Å². The Morgan fingerprint density at radius 2 is 1.78 bits per heavy atom. The molecule has 1 aliphatic heterocycles. The standard InChI is InChI=1S/C13H17N3O2/c1-12(2)13(3,4)18-16(17-12)11-7-5-6-10-9(11)8-14-15-10/h5-8H,1-4H3,(H,14,15). The van der Waals surface area contributed by atoms with E-state index in [-0.39, 0.29) is 11.2 Å². The highest BCUT2D eigenvalue weighted by molar-refractivity contribution is 5.90. The van der Waals surface area contributed by atoms with Gasteiger partial charge in [-0.05, 0) is 39.8 Å². The van der Waals surface area contributed by atoms with Crippen molar-refractivity contribution in [2.45, 2.75) is 38.9 Å². The van der Waals surface area contributed by atoms with Gasteiger partial charge in [-0.3, -0.25) is 5.10 Å². The number of hydrogen-bond acceptors (Lipinski definition) is 4. The zero-order valence-corrected chi connectivity index (χ0v) is 11.0. The van der Waals surface area contributed by atoms with Gasteiger partial charge in [0, 0.05) is 5.39 Å². The van der Waals surface area contributed by atoms with Gasteiger partial charge < -0.3 is 0 Å². The zero-order chi connectivity index (χ0) is 13.0. The number of rotatable bonds is 1. The second-order valence-electron chi connectivity index (χ2n) is 5.57. The van der Waals surface area contributed by atoms with Crippen LogP contribution in [-0.2, 0) is 9.68 Å². The molecule has 1 aromatic heterocycles. The van der Waals surface area contributed by atoms with Crippen molar-refractivity contribution in [2.75, 3.05) is 5.23 Å². The van der Waals surface area contributed by atoms with Gasteiger partial charge in [-0.1, -0.05) is 6.07 Å². The topological polar surface area (TPSA) is 50.4 Å². The monoisotopic (exact) mass is 247 g/mol. The van der Waals surface area contributed by atoms with E-state index < -0.39 is 0 Å². The average Bonchev–Trinajstić information content (AvgIpc) is 2.81. The summed E-state index contributed by atoms with van der Waals surface area (Å²) in [6, 6.07) is 5.87. The summed E-state index contributed by atoms with van der Waals surface area (Å²) in [7, 11) is 0. The van der Waals surface area contributed by atoms with E-state index >= 15 is 0 Å². The molecule has 2 heterocycles. The number of H-pyrrole nitrogens is 1. The molecule has 1 fully saturated rings. The van der Waals surface area contributed by atoms with Crippen molar-refractivity contribution in [1.29, 1.82) is 0 Å². The highest BCUT2D eigenvalue weighted by atomic mass is 17.0. The molecular formula is C13H17N3O2. The molecule has 1 aromatic carbocycles. The van der Waals surface area contributed by atoms with E-state index in [0.717, 1.165) is 16.6 Å². The van der Waals surface area contributed by atoms with Crippen molar-refractivity contribution < 1.29 is 9.68 Å². The van der Waals surface area contributed by atoms with E-state index in [2.05, 4.69) is 10.2 Å². The molecule has 0 atom stereocenters. The van der Waals surface area contributed by atoms with E-state index in [9.17, 15) is 0 Å². The molecule has 18 heavy (non-hydrogen) atoms. The maximum atomic E-state index is 5.90. The number of nitrogens with zero attached hydrogens (tertiary/aromatic N) is 2. The highest BCUT2D eigenvalue weighted by Crippen LogP contribution is 2.41. The molecule has 0 radical (unpaired) electrons. The smallest absolute Gasteiger partial charge is 0.124 e. The number of hydrogen-bond donors (Lipinski definition) is 1. The van der Waals surface area contributed by atoms with E-state index in [1.807, 2.05) is 45.9 Å². The Morgan fingerprint density at radius 1 is 1.11 bits per heavy atom. The van der Waals surface area contributed by atoms with Crippen molar-refractivity contribution >= 4 is 16.6 Å². The van der Waals surface area contributed by atoms with Crippen LogP contribution in [0.4, 0.5) is 5.69 Å². The van der Waals surface area contributed by atoms with Crippen LogP contribution in [0.25, 0.3) is 10.9 Å². The van der Waals surface area contributed by atoms with Crippen molar-refractivity contribution in [1.82, 2.24) is 10.2 Å². The minimum Gasteiger partial charge on any atom is -0.278 e. The summed E-state index contributed by atoms with van der Waals surface area (Å²) >= 11 is 0. The summed E-state index contributed by atoms with van der Waals surface area (Å²) < 4.78 is 0. The SMILES string of the molecule is CC1(C)ON(c2cccc3[nH]ncc23)OC1(C)C. The van der Waals surface area contributed by atoms with Crippen LogP contribution in [0.5, 0.6) is 0 Å². The van der Waals surface area contributed by atoms with E-state index in [0.29, 0.717) is 0 Å². The van der Waals surface area contributed by atoms with Crippen LogP contribution < -0.4 is 5.23 Å². The van der Waals surface area contributed by atoms with Gasteiger partial charge in [-0.2, -0.15) is 5.10 Å². The molecule has 1 aliphatic rings. The van der Waals surface area contributed by atoms with Crippen LogP contribution in [0.1, 0.15) is 27.7 Å². The van der Waals surface area contributed by atoms with Crippen LogP contribution >= 0.6 is 0 Å². The predicted molar refractivity (Wildman–Crippen MR) is 68.9 cm³/mol. The largest absolute Gasteiger partial charge is 0.278 e. The van der Waals surface area contributed by atoms with Gasteiger partial charge >= 0.3 is 0 Å². The Kier molecular flexibility index (Phi) is 2.21. The molecule has 3 rings (SSSR count). The molecule has 0 spiro atoms. The van der Waals surface area contributed by atoms with Gasteiger partial charge in [-0.15, -0.1) is 5.23 Å². The van der Waals surface area contributed by atoms with Crippen LogP contribution in [0, 0.1) is 0 Å². The molecule has 5 nitrogen and oxygen atoms in total. The zero-order valence-electron chi connectivity index (χ0n) is 11.0. The Morgan fingerprint density at radius 3 is 2.44 bits per heavy atom. The molecule has 2 aromatic rings. The maximum absolute atomic E-state index is 5.90. The second kappa shape index (κ2) is 3.46. The summed E-state index contributed by atoms with van der Waals surface area (Å²) in [4.78, 5) is 11.8. The summed E-state index contributed by atoms with van der Waals surface area (Å²) in [6.45, 7) is 8.07. The predicted octanol–water partition coefficient (Wildman–Crippen LogP) is 2.80. The third-order valence-corrected chi connectivity index (χ3v) is 3.73. The number of nitrogens with one attached hydrogen (secondary N) is 1. The normalized spacial score (nSPS) is 21.7. The minimum atomic E-state index is -0.390. The van der Waals surface area contributed by atoms with Crippen molar-refractivity contribution in [3.05, 3.63) is 24.4 Å². The number of aromatic nitrogens is 2. The first-order valence-electron chi connectivity index (χ1n) is 6.01. The lowest BCUT2D eigenvalue weighted by Crippen LogP contribution is -2.41. The fraction of sp³-hybridized carbons (Fsp3) is 0.462. The van der Waals surface area contributed by atoms with Crippen molar-refractivity contribution in [2.24, 2.45) is 0 Å². The fourth-order valence-electron chi connectivity index (χ4n) is 1.86. The summed E-state index contributed by atoms with van der Waals surface area (Å²) in [5, 5.41) is 9.46. The van der Waals surface area contributed by atoms with E-state index in [1.54, 1.807) is 6.20 Å². The molecule has 0 aliphatic carbocycles. The van der Waals surface area contributed by atoms with Gasteiger partial charge in [0.25, 0.3) is 0 Å². The molecule has 96 valence electrons. The summed E-state index contributed by atoms with van der Waals surface area (Å²) in [5.41, 5.74) is 1.04. The van der Waals surface area contributed by atoms with Crippen LogP contribution in [-0.4, -0.2) is 21.4 Å². The molecule has 0 unspecified atom stereocenters. The first kappa shape index (κ1) is 11.5. The number of anilines is 1. The molecule has 0 amide bonds. The highest BCUT2D eigenvalue weighted by Gasteiger charge is 2.50. The minimum absolute atomic E-state index is 0.390. The van der Waals surface area contributed by atoms with Gasteiger partial charge in [-0.25, -0.2) is 9.68 Å². The Labute approximate surface area is 106 Å². The maximum Gasteiger partial charge on any atom is 0.124 e. The number of benzene rings is 1.